The average molecular weight is 348 g/mol. The summed E-state index contributed by atoms with van der Waals surface area (Å²) in [6, 6.07) is 6.53. The van der Waals surface area contributed by atoms with Gasteiger partial charge in [0, 0.05) is 12.1 Å². The second-order valence-corrected chi connectivity index (χ2v) is 6.75. The number of carbonyl (C=O) groups excluding carboxylic acids is 2. The fourth-order valence-electron chi connectivity index (χ4n) is 4.28. The largest absolute Gasteiger partial charge is 0.497 e. The number of nitrogens with two attached hydrogens (primary N) is 2. The summed E-state index contributed by atoms with van der Waals surface area (Å²) in [6.45, 7) is 0.151. The molecule has 0 aromatic heterocycles. The molecule has 7 heteroatoms. The molecule has 25 heavy (non-hydrogen) atoms. The number of fused-ring (bicyclic) bond motifs is 2. The highest BCUT2D eigenvalue weighted by Gasteiger charge is 2.61. The maximum Gasteiger partial charge on any atom is 0.311 e. The quantitative estimate of drug-likeness (QED) is 0.743. The Morgan fingerprint density at radius 2 is 1.60 bits per heavy atom. The van der Waals surface area contributed by atoms with Gasteiger partial charge < -0.3 is 25.7 Å². The normalized spacial score (nSPS) is 33.1. The van der Waals surface area contributed by atoms with Gasteiger partial charge >= 0.3 is 11.9 Å². The van der Waals surface area contributed by atoms with Crippen LogP contribution >= 0.6 is 0 Å². The molecular formula is C18H24N2O5. The van der Waals surface area contributed by atoms with Crippen molar-refractivity contribution in [2.75, 3.05) is 14.2 Å². The highest BCUT2D eigenvalue weighted by molar-refractivity contribution is 5.79. The van der Waals surface area contributed by atoms with Crippen LogP contribution in [0.2, 0.25) is 0 Å². The molecule has 0 amide bonds. The van der Waals surface area contributed by atoms with Crippen LogP contribution < -0.4 is 16.2 Å². The van der Waals surface area contributed by atoms with Crippen molar-refractivity contribution in [3.8, 4) is 5.75 Å². The third-order valence-corrected chi connectivity index (χ3v) is 5.57. The summed E-state index contributed by atoms with van der Waals surface area (Å²) in [5, 5.41) is 0. The Balaban J connectivity index is 1.66. The van der Waals surface area contributed by atoms with Crippen molar-refractivity contribution in [2.24, 2.45) is 35.1 Å². The summed E-state index contributed by atoms with van der Waals surface area (Å²) >= 11 is 0. The van der Waals surface area contributed by atoms with Crippen LogP contribution in [0.5, 0.6) is 5.75 Å². The summed E-state index contributed by atoms with van der Waals surface area (Å²) in [4.78, 5) is 24.6. The summed E-state index contributed by atoms with van der Waals surface area (Å²) in [6.07, 6.45) is 0.657. The van der Waals surface area contributed by atoms with Gasteiger partial charge in [0.2, 0.25) is 0 Å². The van der Waals surface area contributed by atoms with E-state index < -0.39 is 11.8 Å². The Labute approximate surface area is 146 Å². The Morgan fingerprint density at radius 3 is 2.12 bits per heavy atom. The smallest absolute Gasteiger partial charge is 0.311 e. The van der Waals surface area contributed by atoms with E-state index >= 15 is 0 Å². The van der Waals surface area contributed by atoms with E-state index in [1.807, 2.05) is 12.1 Å². The predicted octanol–water partition coefficient (Wildman–Crippen LogP) is 0.448. The molecule has 2 unspecified atom stereocenters. The first kappa shape index (κ1) is 17.7. The maximum atomic E-state index is 12.6. The molecular weight excluding hydrogens is 324 g/mol. The van der Waals surface area contributed by atoms with Crippen LogP contribution in [0, 0.1) is 23.7 Å². The first-order valence-corrected chi connectivity index (χ1v) is 8.36. The van der Waals surface area contributed by atoms with Gasteiger partial charge in [-0.3, -0.25) is 9.59 Å². The molecule has 0 spiro atoms. The topological polar surface area (TPSA) is 114 Å². The van der Waals surface area contributed by atoms with Gasteiger partial charge in [-0.15, -0.1) is 0 Å². The second-order valence-electron chi connectivity index (χ2n) is 6.75. The first-order chi connectivity index (χ1) is 12.0. The minimum absolute atomic E-state index is 0.0624. The number of rotatable bonds is 5. The zero-order valence-corrected chi connectivity index (χ0v) is 14.4. The van der Waals surface area contributed by atoms with Gasteiger partial charge in [-0.05, 0) is 36.0 Å². The van der Waals surface area contributed by atoms with Gasteiger partial charge in [0.1, 0.15) is 12.4 Å². The van der Waals surface area contributed by atoms with Crippen molar-refractivity contribution < 1.29 is 23.8 Å². The van der Waals surface area contributed by atoms with Crippen LogP contribution in [0.1, 0.15) is 12.0 Å². The third kappa shape index (κ3) is 3.09. The summed E-state index contributed by atoms with van der Waals surface area (Å²) < 4.78 is 15.4. The molecule has 1 aromatic rings. The summed E-state index contributed by atoms with van der Waals surface area (Å²) in [5.74, 6) is -1.31. The van der Waals surface area contributed by atoms with Gasteiger partial charge in [-0.1, -0.05) is 12.1 Å². The van der Waals surface area contributed by atoms with E-state index in [1.54, 1.807) is 19.2 Å². The van der Waals surface area contributed by atoms with E-state index in [-0.39, 0.29) is 42.5 Å². The van der Waals surface area contributed by atoms with E-state index in [1.165, 1.54) is 7.11 Å². The molecule has 7 nitrogen and oxygen atoms in total. The zero-order valence-electron chi connectivity index (χ0n) is 14.4. The van der Waals surface area contributed by atoms with E-state index in [9.17, 15) is 9.59 Å². The van der Waals surface area contributed by atoms with E-state index in [0.29, 0.717) is 6.42 Å². The van der Waals surface area contributed by atoms with Crippen molar-refractivity contribution in [1.29, 1.82) is 0 Å². The Bertz CT molecular complexity index is 647. The number of hydrogen-bond donors (Lipinski definition) is 2. The highest BCUT2D eigenvalue weighted by atomic mass is 16.5. The Hall–Kier alpha value is -2.12. The second kappa shape index (κ2) is 7.01. The molecule has 2 aliphatic carbocycles. The average Bonchev–Trinajstić information content (AvgIpc) is 3.13. The SMILES string of the molecule is COC(=O)[C@@H]1C2CC([C@H]1N)[C@@H](N)[C@@H]2C(=O)OCc1ccc(OC)cc1. The molecule has 0 aliphatic heterocycles. The van der Waals surface area contributed by atoms with Crippen molar-refractivity contribution in [3.63, 3.8) is 0 Å². The molecule has 0 radical (unpaired) electrons. The van der Waals surface area contributed by atoms with Gasteiger partial charge in [0.25, 0.3) is 0 Å². The molecule has 1 aromatic carbocycles. The van der Waals surface area contributed by atoms with Crippen LogP contribution in [0.25, 0.3) is 0 Å². The van der Waals surface area contributed by atoms with Crippen molar-refractivity contribution in [3.05, 3.63) is 29.8 Å². The van der Waals surface area contributed by atoms with Crippen molar-refractivity contribution in [1.82, 2.24) is 0 Å². The monoisotopic (exact) mass is 348 g/mol. The van der Waals surface area contributed by atoms with Gasteiger partial charge in [0.05, 0.1) is 26.1 Å². The highest BCUT2D eigenvalue weighted by Crippen LogP contribution is 2.51. The number of ether oxygens (including phenoxy) is 3. The number of methoxy groups -OCH3 is 2. The number of hydrogen-bond acceptors (Lipinski definition) is 7. The lowest BCUT2D eigenvalue weighted by Gasteiger charge is -2.35. The molecule has 3 rings (SSSR count). The fourth-order valence-corrected chi connectivity index (χ4v) is 4.28. The standard InChI is InChI=1S/C18H24N2O5/c1-23-10-5-3-9(4-6-10)8-25-18(22)14-11-7-12(16(14)20)15(19)13(11)17(21)24-2/h3-6,11-16H,7-8,19-20H2,1-2H3/t11?,12?,13-,14-,15-,16-/m1/s1. The van der Waals surface area contributed by atoms with E-state index in [0.717, 1.165) is 11.3 Å². The fraction of sp³-hybridized carbons (Fsp3) is 0.556. The molecule has 0 saturated heterocycles. The number of benzene rings is 1. The molecule has 136 valence electrons. The Morgan fingerprint density at radius 1 is 1.00 bits per heavy atom. The lowest BCUT2D eigenvalue weighted by atomic mass is 9.75. The van der Waals surface area contributed by atoms with Crippen LogP contribution in [0.4, 0.5) is 0 Å². The lowest BCUT2D eigenvalue weighted by molar-refractivity contribution is -0.157. The van der Waals surface area contributed by atoms with Gasteiger partial charge in [-0.2, -0.15) is 0 Å². The minimum Gasteiger partial charge on any atom is -0.497 e. The molecule has 0 heterocycles. The first-order valence-electron chi connectivity index (χ1n) is 8.36. The molecule has 2 saturated carbocycles. The third-order valence-electron chi connectivity index (χ3n) is 5.57. The van der Waals surface area contributed by atoms with Crippen LogP contribution in [0.3, 0.4) is 0 Å². The Kier molecular flexibility index (Phi) is 4.96. The summed E-state index contributed by atoms with van der Waals surface area (Å²) in [7, 11) is 2.92. The number of carbonyl (C=O) groups is 2. The van der Waals surface area contributed by atoms with Crippen LogP contribution in [0.15, 0.2) is 24.3 Å². The van der Waals surface area contributed by atoms with E-state index in [4.69, 9.17) is 25.7 Å². The maximum absolute atomic E-state index is 12.6. The van der Waals surface area contributed by atoms with E-state index in [2.05, 4.69) is 0 Å². The molecule has 2 aliphatic rings. The lowest BCUT2D eigenvalue weighted by Crippen LogP contribution is -2.54. The molecule has 2 bridgehead atoms. The van der Waals surface area contributed by atoms with Crippen molar-refractivity contribution >= 4 is 11.9 Å². The number of esters is 2. The van der Waals surface area contributed by atoms with Crippen molar-refractivity contribution in [2.45, 2.75) is 25.1 Å². The zero-order chi connectivity index (χ0) is 18.1. The van der Waals surface area contributed by atoms with Crippen LogP contribution in [-0.4, -0.2) is 38.2 Å². The van der Waals surface area contributed by atoms with Gasteiger partial charge in [-0.25, -0.2) is 0 Å². The molecule has 4 N–H and O–H groups in total. The summed E-state index contributed by atoms with van der Waals surface area (Å²) in [5.41, 5.74) is 13.2. The molecule has 2 fully saturated rings. The molecule has 6 atom stereocenters. The van der Waals surface area contributed by atoms with Crippen LogP contribution in [-0.2, 0) is 25.7 Å². The van der Waals surface area contributed by atoms with Gasteiger partial charge in [0.15, 0.2) is 0 Å². The predicted molar refractivity (Wildman–Crippen MR) is 89.3 cm³/mol. The minimum atomic E-state index is -0.521.